The molecule has 0 saturated heterocycles. The average molecular weight is 397 g/mol. The maximum atomic E-state index is 3.24. The molecule has 0 bridgehead atoms. The molecule has 0 aliphatic heterocycles. The summed E-state index contributed by atoms with van der Waals surface area (Å²) in [5.74, 6) is 19.4. The van der Waals surface area contributed by atoms with Gasteiger partial charge in [0.1, 0.15) is 0 Å². The highest BCUT2D eigenvalue weighted by atomic mass is 32.1. The van der Waals surface area contributed by atoms with Crippen LogP contribution in [0.5, 0.6) is 0 Å². The van der Waals surface area contributed by atoms with Crippen molar-refractivity contribution in [3.8, 4) is 35.5 Å². The summed E-state index contributed by atoms with van der Waals surface area (Å²) < 4.78 is 0. The molecule has 0 nitrogen and oxygen atoms in total. The van der Waals surface area contributed by atoms with Crippen LogP contribution in [0.2, 0.25) is 0 Å². The largest absolute Gasteiger partial charge is 0.135 e. The Morgan fingerprint density at radius 3 is 1.04 bits per heavy atom. The van der Waals surface area contributed by atoms with Crippen molar-refractivity contribution >= 4 is 34.0 Å². The molecular weight excluding hydrogens is 384 g/mol. The Balaban J connectivity index is 1.71. The minimum absolute atomic E-state index is 0.928. The van der Waals surface area contributed by atoms with Crippen molar-refractivity contribution in [3.63, 3.8) is 0 Å². The molecule has 4 aromatic rings. The molecule has 27 heavy (non-hydrogen) atoms. The van der Waals surface area contributed by atoms with Gasteiger partial charge in [0.2, 0.25) is 0 Å². The summed E-state index contributed by atoms with van der Waals surface area (Å²) >= 11 is 4.92. The highest BCUT2D eigenvalue weighted by Gasteiger charge is 1.98. The molecule has 0 N–H and O–H groups in total. The van der Waals surface area contributed by atoms with Crippen LogP contribution in [-0.2, 0) is 0 Å². The molecule has 0 fully saturated rings. The van der Waals surface area contributed by atoms with Crippen molar-refractivity contribution in [2.75, 3.05) is 0 Å². The standard InChI is InChI=1S/C24H12S3/c1-4-22(25-13-1)10-7-19-16-20(8-11-23-5-2-14-26-23)18-21(17-19)9-12-24-6-3-15-27-24/h1-6,13-18H. The second kappa shape index (κ2) is 8.59. The van der Waals surface area contributed by atoms with E-state index >= 15 is 0 Å². The van der Waals surface area contributed by atoms with Gasteiger partial charge in [-0.15, -0.1) is 34.0 Å². The monoisotopic (exact) mass is 396 g/mol. The topological polar surface area (TPSA) is 0 Å². The number of rotatable bonds is 0. The van der Waals surface area contributed by atoms with Crippen molar-refractivity contribution in [2.45, 2.75) is 0 Å². The summed E-state index contributed by atoms with van der Waals surface area (Å²) in [6, 6.07) is 18.2. The quantitative estimate of drug-likeness (QED) is 0.316. The van der Waals surface area contributed by atoms with E-state index < -0.39 is 0 Å². The molecule has 0 spiro atoms. The van der Waals surface area contributed by atoms with Crippen LogP contribution in [0.1, 0.15) is 31.3 Å². The van der Waals surface area contributed by atoms with E-state index in [4.69, 9.17) is 0 Å². The van der Waals surface area contributed by atoms with Gasteiger partial charge in [0, 0.05) is 16.7 Å². The van der Waals surface area contributed by atoms with E-state index in [0.29, 0.717) is 0 Å². The van der Waals surface area contributed by atoms with Gasteiger partial charge in [-0.3, -0.25) is 0 Å². The molecule has 0 atom stereocenters. The summed E-state index contributed by atoms with van der Waals surface area (Å²) in [4.78, 5) is 3.16. The maximum Gasteiger partial charge on any atom is 0.0772 e. The second-order valence-electron chi connectivity index (χ2n) is 5.48. The molecule has 3 heterocycles. The Labute approximate surface area is 171 Å². The molecule has 126 valence electrons. The minimum atomic E-state index is 0.928. The lowest BCUT2D eigenvalue weighted by Crippen LogP contribution is -1.84. The SMILES string of the molecule is C(#Cc1cccs1)c1cc(C#Cc2cccs2)cc(C#Cc2cccs2)c1. The normalized spacial score (nSPS) is 9.33. The summed E-state index contributed by atoms with van der Waals surface area (Å²) in [7, 11) is 0. The Bertz CT molecular complexity index is 1040. The predicted octanol–water partition coefficient (Wildman–Crippen LogP) is 6.07. The minimum Gasteiger partial charge on any atom is -0.135 e. The molecule has 1 aromatic carbocycles. The molecule has 0 aliphatic rings. The molecule has 4 rings (SSSR count). The van der Waals surface area contributed by atoms with E-state index in [1.807, 2.05) is 70.7 Å². The molecule has 3 heteroatoms. The first kappa shape index (κ1) is 17.4. The lowest BCUT2D eigenvalue weighted by Gasteiger charge is -1.97. The molecule has 3 aromatic heterocycles. The summed E-state index contributed by atoms with van der Waals surface area (Å²) in [5, 5.41) is 6.10. The van der Waals surface area contributed by atoms with E-state index in [1.54, 1.807) is 34.0 Å². The van der Waals surface area contributed by atoms with Crippen molar-refractivity contribution in [1.82, 2.24) is 0 Å². The number of benzene rings is 1. The van der Waals surface area contributed by atoms with Crippen LogP contribution in [0.4, 0.5) is 0 Å². The van der Waals surface area contributed by atoms with E-state index in [9.17, 15) is 0 Å². The van der Waals surface area contributed by atoms with Gasteiger partial charge in [-0.1, -0.05) is 53.7 Å². The van der Waals surface area contributed by atoms with Gasteiger partial charge in [0.15, 0.2) is 0 Å². The van der Waals surface area contributed by atoms with E-state index in [-0.39, 0.29) is 0 Å². The van der Waals surface area contributed by atoms with Crippen molar-refractivity contribution in [1.29, 1.82) is 0 Å². The average Bonchev–Trinajstić information content (AvgIpc) is 3.46. The molecule has 0 radical (unpaired) electrons. The highest BCUT2D eigenvalue weighted by molar-refractivity contribution is 7.11. The first-order valence-corrected chi connectivity index (χ1v) is 10.8. The fourth-order valence-electron chi connectivity index (χ4n) is 2.29. The second-order valence-corrected chi connectivity index (χ2v) is 8.32. The third-order valence-electron chi connectivity index (χ3n) is 3.49. The smallest absolute Gasteiger partial charge is 0.0772 e. The lowest BCUT2D eigenvalue weighted by atomic mass is 10.1. The van der Waals surface area contributed by atoms with E-state index in [1.165, 1.54) is 0 Å². The van der Waals surface area contributed by atoms with Gasteiger partial charge in [0.05, 0.1) is 14.6 Å². The Kier molecular flexibility index (Phi) is 5.54. The van der Waals surface area contributed by atoms with Gasteiger partial charge in [-0.25, -0.2) is 0 Å². The van der Waals surface area contributed by atoms with E-state index in [0.717, 1.165) is 31.3 Å². The van der Waals surface area contributed by atoms with Crippen LogP contribution in [-0.4, -0.2) is 0 Å². The Hall–Kier alpha value is -3.00. The molecule has 0 amide bonds. The van der Waals surface area contributed by atoms with Crippen molar-refractivity contribution in [3.05, 3.63) is 102 Å². The van der Waals surface area contributed by atoms with Gasteiger partial charge in [0.25, 0.3) is 0 Å². The van der Waals surface area contributed by atoms with Crippen molar-refractivity contribution in [2.24, 2.45) is 0 Å². The third kappa shape index (κ3) is 5.01. The Morgan fingerprint density at radius 2 is 0.778 bits per heavy atom. The van der Waals surface area contributed by atoms with Crippen LogP contribution in [0.3, 0.4) is 0 Å². The number of hydrogen-bond donors (Lipinski definition) is 0. The van der Waals surface area contributed by atoms with Gasteiger partial charge in [-0.2, -0.15) is 0 Å². The first-order chi connectivity index (χ1) is 13.3. The van der Waals surface area contributed by atoms with Gasteiger partial charge >= 0.3 is 0 Å². The highest BCUT2D eigenvalue weighted by Crippen LogP contribution is 2.13. The zero-order chi connectivity index (χ0) is 18.3. The van der Waals surface area contributed by atoms with Crippen molar-refractivity contribution < 1.29 is 0 Å². The predicted molar refractivity (Wildman–Crippen MR) is 117 cm³/mol. The van der Waals surface area contributed by atoms with Crippen LogP contribution in [0.25, 0.3) is 0 Å². The van der Waals surface area contributed by atoms with Crippen LogP contribution in [0.15, 0.2) is 70.7 Å². The summed E-state index contributed by atoms with van der Waals surface area (Å²) in [6.07, 6.45) is 0. The summed E-state index contributed by atoms with van der Waals surface area (Å²) in [5.41, 5.74) is 2.78. The van der Waals surface area contributed by atoms with Crippen LogP contribution < -0.4 is 0 Å². The zero-order valence-electron chi connectivity index (χ0n) is 14.2. The van der Waals surface area contributed by atoms with Crippen LogP contribution >= 0.6 is 34.0 Å². The first-order valence-electron chi connectivity index (χ1n) is 8.17. The lowest BCUT2D eigenvalue weighted by molar-refractivity contribution is 1.56. The van der Waals surface area contributed by atoms with Gasteiger partial charge < -0.3 is 0 Å². The molecule has 0 unspecified atom stereocenters. The fourth-order valence-corrected chi connectivity index (χ4v) is 4.01. The third-order valence-corrected chi connectivity index (χ3v) is 5.84. The zero-order valence-corrected chi connectivity index (χ0v) is 16.6. The van der Waals surface area contributed by atoms with E-state index in [2.05, 4.69) is 35.5 Å². The molecule has 0 aliphatic carbocycles. The number of hydrogen-bond acceptors (Lipinski definition) is 3. The summed E-state index contributed by atoms with van der Waals surface area (Å²) in [6.45, 7) is 0. The maximum absolute atomic E-state index is 3.24. The fraction of sp³-hybridized carbons (Fsp3) is 0. The van der Waals surface area contributed by atoms with Gasteiger partial charge in [-0.05, 0) is 52.5 Å². The number of thiophene rings is 3. The Morgan fingerprint density at radius 1 is 0.444 bits per heavy atom. The van der Waals surface area contributed by atoms with Crippen LogP contribution in [0, 0.1) is 35.5 Å². The molecule has 0 saturated carbocycles. The molecular formula is C24H12S3.